The maximum absolute atomic E-state index is 11.9. The number of carbonyl (C=O) groups excluding carboxylic acids is 1. The average Bonchev–Trinajstić information content (AvgIpc) is 2.92. The van der Waals surface area contributed by atoms with Gasteiger partial charge in [-0.2, -0.15) is 0 Å². The molecule has 0 atom stereocenters. The fraction of sp³-hybridized carbons (Fsp3) is 0.861. The molecule has 0 aliphatic heterocycles. The van der Waals surface area contributed by atoms with Gasteiger partial charge in [-0.05, 0) is 64.2 Å². The molecule has 0 aliphatic rings. The van der Waals surface area contributed by atoms with Crippen molar-refractivity contribution in [1.29, 1.82) is 0 Å². The molecule has 0 spiro atoms. The van der Waals surface area contributed by atoms with Crippen molar-refractivity contribution in [2.45, 2.75) is 194 Å². The maximum Gasteiger partial charge on any atom is 1.00 e. The predicted molar refractivity (Wildman–Crippen MR) is 171 cm³/mol. The van der Waals surface area contributed by atoms with Crippen LogP contribution in [0.1, 0.15) is 195 Å². The molecule has 0 heterocycles. The van der Waals surface area contributed by atoms with Crippen molar-refractivity contribution in [3.63, 3.8) is 0 Å². The van der Waals surface area contributed by atoms with Crippen LogP contribution in [0.2, 0.25) is 0 Å². The summed E-state index contributed by atoms with van der Waals surface area (Å²) in [4.78, 5) is 11.9. The van der Waals surface area contributed by atoms with Crippen molar-refractivity contribution in [1.82, 2.24) is 0 Å². The van der Waals surface area contributed by atoms with Gasteiger partial charge in [-0.3, -0.25) is 4.79 Å². The van der Waals surface area contributed by atoms with Crippen molar-refractivity contribution in [2.24, 2.45) is 0 Å². The Bertz CT molecular complexity index is 521. The summed E-state index contributed by atoms with van der Waals surface area (Å²) in [5, 5.41) is 0. The van der Waals surface area contributed by atoms with Crippen LogP contribution in [0.3, 0.4) is 0 Å². The molecule has 0 aliphatic carbocycles. The van der Waals surface area contributed by atoms with Crippen molar-refractivity contribution in [3.8, 4) is 0 Å². The third-order valence-corrected chi connectivity index (χ3v) is 7.56. The third-order valence-electron chi connectivity index (χ3n) is 7.56. The minimum absolute atomic E-state index is 0. The number of rotatable bonds is 31. The molecule has 0 amide bonds. The second-order valence-corrected chi connectivity index (χ2v) is 11.5. The van der Waals surface area contributed by atoms with Gasteiger partial charge in [0.1, 0.15) is 0 Å². The second kappa shape index (κ2) is 38.0. The van der Waals surface area contributed by atoms with Gasteiger partial charge in [0.2, 0.25) is 0 Å². The quantitative estimate of drug-likeness (QED) is 0.0368. The van der Waals surface area contributed by atoms with Crippen molar-refractivity contribution < 1.29 is 40.5 Å². The molecule has 3 heteroatoms. The summed E-state index contributed by atoms with van der Waals surface area (Å²) in [6.07, 6.45) is 45.2. The van der Waals surface area contributed by atoms with Gasteiger partial charge in [-0.15, -0.1) is 0 Å². The normalized spacial score (nSPS) is 11.4. The van der Waals surface area contributed by atoms with E-state index in [2.05, 4.69) is 38.2 Å². The van der Waals surface area contributed by atoms with Crippen LogP contribution in [0.5, 0.6) is 0 Å². The monoisotopic (exact) mass is 557 g/mol. The van der Waals surface area contributed by atoms with E-state index in [1.54, 1.807) is 0 Å². The van der Waals surface area contributed by atoms with Crippen molar-refractivity contribution >= 4 is 5.97 Å². The summed E-state index contributed by atoms with van der Waals surface area (Å²) < 4.78 is 5.42. The Kier molecular flexibility index (Phi) is 40.0. The zero-order chi connectivity index (χ0) is 27.6. The first-order valence-electron chi connectivity index (χ1n) is 17.3. The molecular weight excluding hydrogens is 487 g/mol. The molecule has 0 unspecified atom stereocenters. The van der Waals surface area contributed by atoms with Gasteiger partial charge in [0, 0.05) is 6.42 Å². The van der Waals surface area contributed by atoms with E-state index in [1.807, 2.05) is 0 Å². The van der Waals surface area contributed by atoms with Crippen molar-refractivity contribution in [3.05, 3.63) is 24.3 Å². The van der Waals surface area contributed by atoms with Gasteiger partial charge in [-0.25, -0.2) is 0 Å². The van der Waals surface area contributed by atoms with E-state index in [0.29, 0.717) is 13.0 Å². The second-order valence-electron chi connectivity index (χ2n) is 11.5. The minimum atomic E-state index is 0. The first kappa shape index (κ1) is 41.1. The third kappa shape index (κ3) is 38.0. The minimum Gasteiger partial charge on any atom is -1.00 e. The number of hydrogen-bond acceptors (Lipinski definition) is 2. The standard InChI is InChI=1S/C36H68O2.Na.H/c1-3-5-7-9-11-13-15-17-19-21-23-25-27-29-31-33-35-38-36(37)34-32-30-28-26-24-22-20-18-16-14-12-10-8-6-4-2;;/h17-20H,3-16,21-35H2,1-2H3;;/q;+1;-1/b19-17-,20-18-;;. The molecule has 2 nitrogen and oxygen atoms in total. The molecule has 0 fully saturated rings. The van der Waals surface area contributed by atoms with Crippen LogP contribution in [0.25, 0.3) is 0 Å². The number of allylic oxidation sites excluding steroid dienone is 4. The summed E-state index contributed by atoms with van der Waals surface area (Å²) in [5.74, 6) is 0.00961. The van der Waals surface area contributed by atoms with Gasteiger partial charge in [0.05, 0.1) is 6.61 Å². The van der Waals surface area contributed by atoms with Crippen LogP contribution >= 0.6 is 0 Å². The molecule has 0 bridgehead atoms. The Balaban J connectivity index is -0.00000684. The first-order chi connectivity index (χ1) is 18.8. The topological polar surface area (TPSA) is 26.3 Å². The number of esters is 1. The van der Waals surface area contributed by atoms with Gasteiger partial charge in [0.15, 0.2) is 0 Å². The maximum atomic E-state index is 11.9. The first-order valence-corrected chi connectivity index (χ1v) is 17.3. The molecule has 226 valence electrons. The van der Waals surface area contributed by atoms with Gasteiger partial charge in [0.25, 0.3) is 0 Å². The zero-order valence-corrected chi connectivity index (χ0v) is 29.1. The molecule has 0 N–H and O–H groups in total. The molecular formula is C36H69NaO2. The summed E-state index contributed by atoms with van der Waals surface area (Å²) in [5.41, 5.74) is 0. The molecule has 0 rings (SSSR count). The molecule has 0 aromatic heterocycles. The van der Waals surface area contributed by atoms with E-state index in [-0.39, 0.29) is 37.0 Å². The molecule has 39 heavy (non-hydrogen) atoms. The van der Waals surface area contributed by atoms with E-state index < -0.39 is 0 Å². The summed E-state index contributed by atoms with van der Waals surface area (Å²) in [7, 11) is 0. The van der Waals surface area contributed by atoms with Crippen LogP contribution in [0.15, 0.2) is 24.3 Å². The SMILES string of the molecule is CCCCCCCC/C=C\CCCCCCCCOC(=O)CCCCCCC/C=C\CCCCCCCC.[H-].[Na+]. The number of ether oxygens (including phenoxy) is 1. The molecule has 0 aromatic rings. The Labute approximate surface area is 269 Å². The smallest absolute Gasteiger partial charge is 1.00 e. The fourth-order valence-electron chi connectivity index (χ4n) is 4.95. The summed E-state index contributed by atoms with van der Waals surface area (Å²) in [6.45, 7) is 5.17. The Morgan fingerprint density at radius 2 is 0.769 bits per heavy atom. The van der Waals surface area contributed by atoms with Crippen LogP contribution in [0, 0.1) is 0 Å². The van der Waals surface area contributed by atoms with Gasteiger partial charge in [-0.1, -0.05) is 147 Å². The Hall–Kier alpha value is -0.0500. The summed E-state index contributed by atoms with van der Waals surface area (Å²) in [6, 6.07) is 0. The largest absolute Gasteiger partial charge is 1.00 e. The number of hydrogen-bond donors (Lipinski definition) is 0. The Morgan fingerprint density at radius 1 is 0.462 bits per heavy atom. The fourth-order valence-corrected chi connectivity index (χ4v) is 4.95. The summed E-state index contributed by atoms with van der Waals surface area (Å²) >= 11 is 0. The van der Waals surface area contributed by atoms with Crippen LogP contribution in [0.4, 0.5) is 0 Å². The zero-order valence-electron chi connectivity index (χ0n) is 28.1. The van der Waals surface area contributed by atoms with E-state index in [0.717, 1.165) is 19.3 Å². The Morgan fingerprint density at radius 3 is 1.15 bits per heavy atom. The number of carbonyl (C=O) groups is 1. The van der Waals surface area contributed by atoms with Gasteiger partial charge < -0.3 is 6.16 Å². The van der Waals surface area contributed by atoms with E-state index in [4.69, 9.17) is 4.74 Å². The average molecular weight is 557 g/mol. The van der Waals surface area contributed by atoms with Crippen LogP contribution < -0.4 is 29.6 Å². The molecule has 0 saturated carbocycles. The van der Waals surface area contributed by atoms with E-state index in [1.165, 1.54) is 154 Å². The predicted octanol–water partition coefficient (Wildman–Crippen LogP) is 9.72. The van der Waals surface area contributed by atoms with E-state index >= 15 is 0 Å². The molecule has 0 radical (unpaired) electrons. The van der Waals surface area contributed by atoms with E-state index in [9.17, 15) is 4.79 Å². The molecule has 0 aromatic carbocycles. The van der Waals surface area contributed by atoms with Gasteiger partial charge >= 0.3 is 35.5 Å². The van der Waals surface area contributed by atoms with Crippen LogP contribution in [-0.2, 0) is 9.53 Å². The van der Waals surface area contributed by atoms with Crippen LogP contribution in [-0.4, -0.2) is 12.6 Å². The molecule has 0 saturated heterocycles. The van der Waals surface area contributed by atoms with Crippen molar-refractivity contribution in [2.75, 3.05) is 6.61 Å². The number of unbranched alkanes of at least 4 members (excludes halogenated alkanes) is 23.